The van der Waals surface area contributed by atoms with Crippen molar-refractivity contribution in [1.82, 2.24) is 0 Å². The van der Waals surface area contributed by atoms with E-state index in [2.05, 4.69) is 52.8 Å². The van der Waals surface area contributed by atoms with Gasteiger partial charge in [-0.05, 0) is 105 Å². The fourth-order valence-corrected chi connectivity index (χ4v) is 9.34. The Balaban J connectivity index is 1.58. The van der Waals surface area contributed by atoms with Gasteiger partial charge in [-0.3, -0.25) is 0 Å². The summed E-state index contributed by atoms with van der Waals surface area (Å²) in [4.78, 5) is 0. The predicted octanol–water partition coefficient (Wildman–Crippen LogP) is 8.49. The zero-order valence-electron chi connectivity index (χ0n) is 21.3. The third-order valence-electron chi connectivity index (χ3n) is 10.9. The fraction of sp³-hybridized carbons (Fsp3) is 0.897. The molecule has 3 fully saturated rings. The molecule has 4 aliphatic rings. The van der Waals surface area contributed by atoms with E-state index in [0.29, 0.717) is 16.7 Å². The molecule has 2 nitrogen and oxygen atoms in total. The largest absolute Gasteiger partial charge is 0.411 e. The number of nitrogens with zero attached hydrogens (tertiary/aromatic N) is 1. The normalized spacial score (nSPS) is 43.8. The molecule has 176 valence electrons. The SMILES string of the molecule is C/C(=N\O)[C@@H]1C[C@H]2[C@@H]3CC[C@H]([C@H](C)CCCC(C)C)[C@@]3(C)CC[C@@H]2[C@@]2(C)CCCC=C12. The second kappa shape index (κ2) is 8.86. The fourth-order valence-electron chi connectivity index (χ4n) is 9.34. The van der Waals surface area contributed by atoms with Crippen molar-refractivity contribution in [3.05, 3.63) is 11.6 Å². The molecule has 0 aliphatic heterocycles. The van der Waals surface area contributed by atoms with Gasteiger partial charge in [0.25, 0.3) is 0 Å². The number of allylic oxidation sites excluding steroid dienone is 2. The van der Waals surface area contributed by atoms with Crippen LogP contribution in [0.2, 0.25) is 0 Å². The molecule has 4 rings (SSSR count). The van der Waals surface area contributed by atoms with Gasteiger partial charge < -0.3 is 5.21 Å². The Morgan fingerprint density at radius 2 is 1.87 bits per heavy atom. The Bertz CT molecular complexity index is 708. The molecule has 31 heavy (non-hydrogen) atoms. The Labute approximate surface area is 192 Å². The molecular weight excluding hydrogens is 378 g/mol. The first-order chi connectivity index (χ1) is 14.7. The number of hydrogen-bond donors (Lipinski definition) is 1. The van der Waals surface area contributed by atoms with Crippen molar-refractivity contribution in [2.45, 2.75) is 112 Å². The first kappa shape index (κ1) is 23.4. The van der Waals surface area contributed by atoms with E-state index in [1.165, 1.54) is 70.6 Å². The summed E-state index contributed by atoms with van der Waals surface area (Å²) in [5, 5.41) is 13.4. The lowest BCUT2D eigenvalue weighted by Crippen LogP contribution is -2.53. The van der Waals surface area contributed by atoms with Gasteiger partial charge in [0.2, 0.25) is 0 Å². The average molecular weight is 428 g/mol. The molecule has 0 spiro atoms. The minimum Gasteiger partial charge on any atom is -0.411 e. The maximum Gasteiger partial charge on any atom is 0.0611 e. The molecule has 1 N–H and O–H groups in total. The van der Waals surface area contributed by atoms with Crippen LogP contribution in [0.3, 0.4) is 0 Å². The molecule has 0 bridgehead atoms. The van der Waals surface area contributed by atoms with Gasteiger partial charge in [0, 0.05) is 5.92 Å². The highest BCUT2D eigenvalue weighted by atomic mass is 16.4. The van der Waals surface area contributed by atoms with Crippen molar-refractivity contribution in [2.75, 3.05) is 0 Å². The summed E-state index contributed by atoms with van der Waals surface area (Å²) in [6.07, 6.45) is 17.6. The maximum absolute atomic E-state index is 9.69. The topological polar surface area (TPSA) is 32.6 Å². The smallest absolute Gasteiger partial charge is 0.0611 e. The highest BCUT2D eigenvalue weighted by molar-refractivity contribution is 5.87. The van der Waals surface area contributed by atoms with Crippen LogP contribution >= 0.6 is 0 Å². The van der Waals surface area contributed by atoms with E-state index in [0.717, 1.165) is 41.2 Å². The lowest BCUT2D eigenvalue weighted by molar-refractivity contribution is -0.0647. The van der Waals surface area contributed by atoms with Crippen LogP contribution in [0, 0.1) is 52.3 Å². The Morgan fingerprint density at radius 1 is 1.10 bits per heavy atom. The van der Waals surface area contributed by atoms with Gasteiger partial charge in [-0.25, -0.2) is 0 Å². The van der Waals surface area contributed by atoms with E-state index < -0.39 is 0 Å². The molecule has 0 saturated heterocycles. The summed E-state index contributed by atoms with van der Waals surface area (Å²) < 4.78 is 0. The summed E-state index contributed by atoms with van der Waals surface area (Å²) in [7, 11) is 0. The molecule has 0 unspecified atom stereocenters. The van der Waals surface area contributed by atoms with Crippen molar-refractivity contribution < 1.29 is 5.21 Å². The summed E-state index contributed by atoms with van der Waals surface area (Å²) in [5.41, 5.74) is 3.46. The first-order valence-corrected chi connectivity index (χ1v) is 13.6. The van der Waals surface area contributed by atoms with E-state index in [1.54, 1.807) is 5.57 Å². The quantitative estimate of drug-likeness (QED) is 0.196. The molecule has 0 heterocycles. The number of hydrogen-bond acceptors (Lipinski definition) is 2. The van der Waals surface area contributed by atoms with E-state index in [1.807, 2.05) is 0 Å². The second-order valence-electron chi connectivity index (χ2n) is 12.9. The van der Waals surface area contributed by atoms with Crippen molar-refractivity contribution in [1.29, 1.82) is 0 Å². The van der Waals surface area contributed by atoms with Crippen molar-refractivity contribution >= 4 is 5.71 Å². The minimum absolute atomic E-state index is 0.333. The van der Waals surface area contributed by atoms with Gasteiger partial charge in [-0.2, -0.15) is 0 Å². The zero-order chi connectivity index (χ0) is 22.4. The molecule has 0 aromatic heterocycles. The van der Waals surface area contributed by atoms with Gasteiger partial charge in [-0.1, -0.05) is 70.7 Å². The van der Waals surface area contributed by atoms with Gasteiger partial charge in [0.1, 0.15) is 0 Å². The number of rotatable bonds is 6. The molecule has 2 heteroatoms. The Kier molecular flexibility index (Phi) is 6.68. The first-order valence-electron chi connectivity index (χ1n) is 13.6. The van der Waals surface area contributed by atoms with Crippen LogP contribution in [0.4, 0.5) is 0 Å². The third kappa shape index (κ3) is 3.93. The van der Waals surface area contributed by atoms with E-state index in [-0.39, 0.29) is 0 Å². The third-order valence-corrected chi connectivity index (χ3v) is 10.9. The lowest BCUT2D eigenvalue weighted by atomic mass is 9.44. The van der Waals surface area contributed by atoms with Crippen LogP contribution in [-0.4, -0.2) is 10.9 Å². The van der Waals surface area contributed by atoms with E-state index >= 15 is 0 Å². The van der Waals surface area contributed by atoms with Crippen LogP contribution in [0.5, 0.6) is 0 Å². The highest BCUT2D eigenvalue weighted by Crippen LogP contribution is 2.68. The summed E-state index contributed by atoms with van der Waals surface area (Å²) in [6.45, 7) is 14.6. The molecule has 0 aromatic carbocycles. The van der Waals surface area contributed by atoms with Crippen LogP contribution in [0.15, 0.2) is 16.8 Å². The Morgan fingerprint density at radius 3 is 2.58 bits per heavy atom. The molecule has 0 amide bonds. The van der Waals surface area contributed by atoms with Gasteiger partial charge in [0.05, 0.1) is 5.71 Å². The monoisotopic (exact) mass is 427 g/mol. The van der Waals surface area contributed by atoms with Crippen LogP contribution in [0.1, 0.15) is 112 Å². The molecule has 3 saturated carbocycles. The van der Waals surface area contributed by atoms with Crippen LogP contribution < -0.4 is 0 Å². The second-order valence-corrected chi connectivity index (χ2v) is 12.9. The van der Waals surface area contributed by atoms with Crippen molar-refractivity contribution in [3.8, 4) is 0 Å². The Hall–Kier alpha value is -0.790. The van der Waals surface area contributed by atoms with Crippen molar-refractivity contribution in [3.63, 3.8) is 0 Å². The van der Waals surface area contributed by atoms with Crippen LogP contribution in [-0.2, 0) is 0 Å². The van der Waals surface area contributed by atoms with E-state index in [4.69, 9.17) is 0 Å². The van der Waals surface area contributed by atoms with Gasteiger partial charge in [0.15, 0.2) is 0 Å². The standard InChI is InChI=1S/C29H49NO/c1-19(2)10-9-11-20(3)24-13-14-26-23-18-22(21(4)30-31)25-12-7-8-16-28(25,5)27(23)15-17-29(24,26)6/h12,19-20,22-24,26-27,31H,7-11,13-18H2,1-6H3/b30-21+/t20-,22+,23+,24-,26+,27+,28+,29-/m1/s1. The molecule has 4 aliphatic carbocycles. The highest BCUT2D eigenvalue weighted by Gasteiger charge is 2.60. The van der Waals surface area contributed by atoms with Crippen LogP contribution in [0.25, 0.3) is 0 Å². The van der Waals surface area contributed by atoms with E-state index in [9.17, 15) is 5.21 Å². The summed E-state index contributed by atoms with van der Waals surface area (Å²) in [5.74, 6) is 5.52. The number of fused-ring (bicyclic) bond motifs is 5. The summed E-state index contributed by atoms with van der Waals surface area (Å²) in [6, 6.07) is 0. The molecule has 0 radical (unpaired) electrons. The zero-order valence-corrected chi connectivity index (χ0v) is 21.3. The molecule has 8 atom stereocenters. The minimum atomic E-state index is 0.333. The predicted molar refractivity (Wildman–Crippen MR) is 131 cm³/mol. The molecular formula is C29H49NO. The maximum atomic E-state index is 9.69. The lowest BCUT2D eigenvalue weighted by Gasteiger charge is -2.60. The number of oxime groups is 1. The molecule has 0 aromatic rings. The van der Waals surface area contributed by atoms with Gasteiger partial charge in [-0.15, -0.1) is 0 Å². The van der Waals surface area contributed by atoms with Crippen molar-refractivity contribution in [2.24, 2.45) is 57.4 Å². The summed E-state index contributed by atoms with van der Waals surface area (Å²) >= 11 is 0. The van der Waals surface area contributed by atoms with Gasteiger partial charge >= 0.3 is 0 Å². The average Bonchev–Trinajstić information content (AvgIpc) is 3.09.